The molecule has 0 amide bonds. The van der Waals surface area contributed by atoms with Gasteiger partial charge in [-0.25, -0.2) is 0 Å². The van der Waals surface area contributed by atoms with E-state index in [4.69, 9.17) is 4.84 Å². The number of hydroxylamine groups is 2. The van der Waals surface area contributed by atoms with E-state index in [1.54, 1.807) is 0 Å². The Bertz CT molecular complexity index is 435. The monoisotopic (exact) mass is 277 g/mol. The van der Waals surface area contributed by atoms with E-state index in [0.717, 1.165) is 5.69 Å². The van der Waals surface area contributed by atoms with Crippen LogP contribution >= 0.6 is 0 Å². The van der Waals surface area contributed by atoms with E-state index in [1.807, 2.05) is 12.1 Å². The van der Waals surface area contributed by atoms with Crippen molar-refractivity contribution in [1.82, 2.24) is 5.06 Å². The van der Waals surface area contributed by atoms with Gasteiger partial charge in [0.15, 0.2) is 0 Å². The van der Waals surface area contributed by atoms with Crippen LogP contribution in [-0.4, -0.2) is 16.1 Å². The number of nitrogens with zero attached hydrogens (tertiary/aromatic N) is 1. The summed E-state index contributed by atoms with van der Waals surface area (Å²) in [6.07, 6.45) is 3.69. The fourth-order valence-corrected chi connectivity index (χ4v) is 3.27. The molecule has 1 aliphatic heterocycles. The molecule has 1 aromatic rings. The van der Waals surface area contributed by atoms with Crippen molar-refractivity contribution < 1.29 is 10.6 Å². The topological polar surface area (TPSA) is 40.1 Å². The van der Waals surface area contributed by atoms with Gasteiger partial charge in [0.25, 0.3) is 0 Å². The lowest BCUT2D eigenvalue weighted by Crippen LogP contribution is -2.58. The second-order valence-electron chi connectivity index (χ2n) is 7.26. The maximum absolute atomic E-state index is 6.36. The highest BCUT2D eigenvalue weighted by atomic mass is 16.7. The van der Waals surface area contributed by atoms with E-state index in [-0.39, 0.29) is 17.2 Å². The Morgan fingerprint density at radius 3 is 2.05 bits per heavy atom. The van der Waals surface area contributed by atoms with E-state index >= 15 is 0 Å². The molecule has 1 unspecified atom stereocenters. The van der Waals surface area contributed by atoms with Crippen LogP contribution in [0.2, 0.25) is 0 Å². The molecule has 1 aliphatic rings. The number of hydrogen-bond acceptors (Lipinski definition) is 2. The first-order valence-electron chi connectivity index (χ1n) is 7.61. The highest BCUT2D eigenvalue weighted by molar-refractivity contribution is 5.32. The van der Waals surface area contributed by atoms with Gasteiger partial charge in [-0.15, -0.1) is 0 Å². The standard InChI is InChI=1S/C17H28N2O/c1-13(14-7-9-15(18)10-8-14)20-19-16(2,3)11-6-12-17(19,4)5/h7-10,13H,6,11-12,18H2,1-5H3/p+1. The minimum atomic E-state index is 0.0623. The Morgan fingerprint density at radius 1 is 1.05 bits per heavy atom. The fraction of sp³-hybridized carbons (Fsp3) is 0.647. The van der Waals surface area contributed by atoms with Gasteiger partial charge in [-0.1, -0.05) is 12.1 Å². The van der Waals surface area contributed by atoms with Crippen molar-refractivity contribution in [2.75, 3.05) is 0 Å². The second-order valence-corrected chi connectivity index (χ2v) is 7.26. The molecule has 112 valence electrons. The summed E-state index contributed by atoms with van der Waals surface area (Å²) in [6.45, 7) is 11.2. The molecule has 1 saturated heterocycles. The second kappa shape index (κ2) is 5.47. The first-order valence-corrected chi connectivity index (χ1v) is 7.61. The molecule has 0 bridgehead atoms. The van der Waals surface area contributed by atoms with Crippen LogP contribution in [0.15, 0.2) is 24.3 Å². The Kier molecular flexibility index (Phi) is 4.24. The summed E-state index contributed by atoms with van der Waals surface area (Å²) in [5, 5.41) is 2.23. The van der Waals surface area contributed by atoms with Gasteiger partial charge in [0.1, 0.15) is 11.8 Å². The highest BCUT2D eigenvalue weighted by Gasteiger charge is 2.43. The van der Waals surface area contributed by atoms with Crippen LogP contribution in [0, 0.1) is 0 Å². The Morgan fingerprint density at radius 2 is 1.55 bits per heavy atom. The largest absolute Gasteiger partial charge is 0.325 e. The number of benzene rings is 1. The van der Waals surface area contributed by atoms with Gasteiger partial charge in [0, 0.05) is 11.1 Å². The third-order valence-electron chi connectivity index (χ3n) is 4.39. The molecule has 1 heterocycles. The van der Waals surface area contributed by atoms with Crippen LogP contribution < -0.4 is 5.73 Å². The molecule has 3 heteroatoms. The van der Waals surface area contributed by atoms with Crippen LogP contribution in [0.25, 0.3) is 0 Å². The zero-order valence-corrected chi connectivity index (χ0v) is 13.6. The molecule has 20 heavy (non-hydrogen) atoms. The molecule has 1 fully saturated rings. The van der Waals surface area contributed by atoms with Crippen molar-refractivity contribution in [3.8, 4) is 0 Å². The van der Waals surface area contributed by atoms with E-state index < -0.39 is 0 Å². The zero-order chi connectivity index (χ0) is 15.0. The van der Waals surface area contributed by atoms with Crippen molar-refractivity contribution in [3.05, 3.63) is 29.8 Å². The first kappa shape index (κ1) is 15.5. The van der Waals surface area contributed by atoms with Crippen molar-refractivity contribution in [2.24, 2.45) is 0 Å². The summed E-state index contributed by atoms with van der Waals surface area (Å²) in [4.78, 5) is 6.36. The van der Waals surface area contributed by atoms with Gasteiger partial charge < -0.3 is 5.73 Å². The predicted octanol–water partition coefficient (Wildman–Crippen LogP) is 3.60. The fourth-order valence-electron chi connectivity index (χ4n) is 3.27. The number of quaternary nitrogens is 1. The van der Waals surface area contributed by atoms with Crippen molar-refractivity contribution >= 4 is 5.69 Å². The lowest BCUT2D eigenvalue weighted by molar-refractivity contribution is -0.304. The molecule has 0 aliphatic carbocycles. The number of piperidine rings is 1. The van der Waals surface area contributed by atoms with Gasteiger partial charge in [-0.05, 0) is 71.6 Å². The molecule has 0 radical (unpaired) electrons. The van der Waals surface area contributed by atoms with Crippen LogP contribution in [-0.2, 0) is 4.84 Å². The summed E-state index contributed by atoms with van der Waals surface area (Å²) < 4.78 is 0. The van der Waals surface area contributed by atoms with Crippen LogP contribution in [0.3, 0.4) is 0 Å². The minimum absolute atomic E-state index is 0.0623. The lowest BCUT2D eigenvalue weighted by Gasteiger charge is -2.52. The van der Waals surface area contributed by atoms with E-state index in [9.17, 15) is 0 Å². The quantitative estimate of drug-likeness (QED) is 0.917. The van der Waals surface area contributed by atoms with Gasteiger partial charge in [-0.3, -0.25) is 4.84 Å². The molecule has 0 aromatic heterocycles. The van der Waals surface area contributed by atoms with Gasteiger partial charge in [-0.2, -0.15) is 5.06 Å². The van der Waals surface area contributed by atoms with Gasteiger partial charge in [0.05, 0.1) is 0 Å². The molecule has 2 rings (SSSR count). The Hall–Kier alpha value is -0.900. The maximum Gasteiger partial charge on any atom is 0.127 e. The average Bonchev–Trinajstić information content (AvgIpc) is 2.34. The summed E-state index contributed by atoms with van der Waals surface area (Å²) in [5.74, 6) is 0. The van der Waals surface area contributed by atoms with Gasteiger partial charge >= 0.3 is 0 Å². The van der Waals surface area contributed by atoms with Crippen molar-refractivity contribution in [1.29, 1.82) is 0 Å². The minimum Gasteiger partial charge on any atom is -0.325 e. The Balaban J connectivity index is 2.16. The SMILES string of the molecule is CC(ON1C(C)(C)CCCC1(C)C)c1ccc([NH3+])cc1. The number of rotatable bonds is 3. The zero-order valence-electron chi connectivity index (χ0n) is 13.6. The summed E-state index contributed by atoms with van der Waals surface area (Å²) in [7, 11) is 0. The smallest absolute Gasteiger partial charge is 0.127 e. The molecule has 3 N–H and O–H groups in total. The third-order valence-corrected chi connectivity index (χ3v) is 4.39. The van der Waals surface area contributed by atoms with E-state index in [1.165, 1.54) is 24.8 Å². The predicted molar refractivity (Wildman–Crippen MR) is 82.3 cm³/mol. The summed E-state index contributed by atoms with van der Waals surface area (Å²) in [6, 6.07) is 8.30. The van der Waals surface area contributed by atoms with E-state index in [0.29, 0.717) is 0 Å². The molecular weight excluding hydrogens is 248 g/mol. The molecular formula is C17H29N2O+. The lowest BCUT2D eigenvalue weighted by atomic mass is 9.82. The van der Waals surface area contributed by atoms with Crippen LogP contribution in [0.5, 0.6) is 0 Å². The van der Waals surface area contributed by atoms with Crippen LogP contribution in [0.4, 0.5) is 5.69 Å². The summed E-state index contributed by atoms with van der Waals surface area (Å²) >= 11 is 0. The molecule has 3 nitrogen and oxygen atoms in total. The van der Waals surface area contributed by atoms with Crippen molar-refractivity contribution in [2.45, 2.75) is 71.1 Å². The maximum atomic E-state index is 6.36. The molecule has 0 saturated carbocycles. The van der Waals surface area contributed by atoms with Crippen molar-refractivity contribution in [3.63, 3.8) is 0 Å². The normalized spacial score (nSPS) is 23.5. The molecule has 1 atom stereocenters. The molecule has 0 spiro atoms. The van der Waals surface area contributed by atoms with E-state index in [2.05, 4.69) is 57.5 Å². The summed E-state index contributed by atoms with van der Waals surface area (Å²) in [5.41, 5.74) is 6.35. The first-order chi connectivity index (χ1) is 9.22. The van der Waals surface area contributed by atoms with Gasteiger partial charge in [0.2, 0.25) is 0 Å². The van der Waals surface area contributed by atoms with Crippen LogP contribution in [0.1, 0.15) is 65.5 Å². The average molecular weight is 277 g/mol. The molecule has 1 aromatic carbocycles. The highest BCUT2D eigenvalue weighted by Crippen LogP contribution is 2.40. The Labute approximate surface area is 123 Å². The third kappa shape index (κ3) is 3.22. The number of hydrogen-bond donors (Lipinski definition) is 1.